The molecule has 0 aromatic rings. The summed E-state index contributed by atoms with van der Waals surface area (Å²) >= 11 is 0. The molecule has 0 aliphatic carbocycles. The molecule has 0 aliphatic heterocycles. The number of ether oxygens (including phenoxy) is 3. The van der Waals surface area contributed by atoms with Gasteiger partial charge in [0.15, 0.2) is 6.10 Å². The van der Waals surface area contributed by atoms with Gasteiger partial charge in [0.05, 0.1) is 0 Å². The Hall–Kier alpha value is -3.41. The molecule has 0 saturated heterocycles. The van der Waals surface area contributed by atoms with Crippen LogP contribution in [0.4, 0.5) is 0 Å². The minimum atomic E-state index is -0.827. The lowest BCUT2D eigenvalue weighted by molar-refractivity contribution is -0.166. The lowest BCUT2D eigenvalue weighted by Gasteiger charge is -2.18. The van der Waals surface area contributed by atoms with Gasteiger partial charge in [0.25, 0.3) is 0 Å². The van der Waals surface area contributed by atoms with Crippen LogP contribution in [0.3, 0.4) is 0 Å². The van der Waals surface area contributed by atoms with Crippen LogP contribution in [-0.2, 0) is 28.6 Å². The number of esters is 3. The van der Waals surface area contributed by atoms with Gasteiger partial charge in [0, 0.05) is 19.3 Å². The van der Waals surface area contributed by atoms with Crippen LogP contribution in [0.5, 0.6) is 0 Å². The third kappa shape index (κ3) is 45.7. The van der Waals surface area contributed by atoms with Crippen LogP contribution in [-0.4, -0.2) is 37.2 Å². The average Bonchev–Trinajstić information content (AvgIpc) is 3.24. The molecule has 0 bridgehead atoms. The van der Waals surface area contributed by atoms with E-state index in [2.05, 4.69) is 99.8 Å². The standard InChI is InChI=1S/C54H90O6/c1-4-7-10-13-16-19-22-25-26-27-28-30-32-35-38-41-44-47-53(56)59-50-51(49-58-52(55)46-43-40-37-34-31-24-21-18-15-12-9-6-3)60-54(57)48-45-42-39-36-33-29-23-20-17-14-11-8-5-2/h7,10,16,19,25-26,28-30,33,35,38-39,42,51H,4-6,8-9,11-15,17-18,20-24,27,31-32,34,36-37,40-41,43-50H2,1-3H3/b10-7-,19-16-,26-25-,30-28-,33-29-,38-35-,42-39-. The van der Waals surface area contributed by atoms with Gasteiger partial charge in [0.1, 0.15) is 13.2 Å². The molecule has 6 heteroatoms. The topological polar surface area (TPSA) is 78.9 Å². The van der Waals surface area contributed by atoms with Crippen molar-refractivity contribution in [1.29, 1.82) is 0 Å². The Bertz CT molecular complexity index is 1190. The first-order chi connectivity index (χ1) is 29.5. The normalized spacial score (nSPS) is 12.8. The number of allylic oxidation sites excluding steroid dienone is 14. The van der Waals surface area contributed by atoms with Gasteiger partial charge in [-0.1, -0.05) is 209 Å². The van der Waals surface area contributed by atoms with Gasteiger partial charge in [-0.15, -0.1) is 0 Å². The van der Waals surface area contributed by atoms with Crippen LogP contribution >= 0.6 is 0 Å². The van der Waals surface area contributed by atoms with Crippen LogP contribution in [0, 0.1) is 0 Å². The molecule has 0 aromatic carbocycles. The summed E-state index contributed by atoms with van der Waals surface area (Å²) in [5, 5.41) is 0. The Morgan fingerprint density at radius 3 is 1.15 bits per heavy atom. The van der Waals surface area contributed by atoms with Crippen LogP contribution in [0.15, 0.2) is 85.1 Å². The summed E-state index contributed by atoms with van der Waals surface area (Å²) in [4.78, 5) is 37.8. The van der Waals surface area contributed by atoms with Gasteiger partial charge in [-0.2, -0.15) is 0 Å². The fourth-order valence-corrected chi connectivity index (χ4v) is 6.47. The van der Waals surface area contributed by atoms with E-state index in [9.17, 15) is 14.4 Å². The largest absolute Gasteiger partial charge is 0.462 e. The van der Waals surface area contributed by atoms with E-state index in [-0.39, 0.29) is 38.0 Å². The molecule has 1 atom stereocenters. The van der Waals surface area contributed by atoms with Crippen molar-refractivity contribution in [3.8, 4) is 0 Å². The van der Waals surface area contributed by atoms with E-state index in [0.29, 0.717) is 19.3 Å². The molecule has 6 nitrogen and oxygen atoms in total. The van der Waals surface area contributed by atoms with Crippen LogP contribution < -0.4 is 0 Å². The number of hydrogen-bond donors (Lipinski definition) is 0. The van der Waals surface area contributed by atoms with E-state index in [1.165, 1.54) is 96.3 Å². The first-order valence-electron chi connectivity index (χ1n) is 24.6. The number of rotatable bonds is 43. The van der Waals surface area contributed by atoms with Gasteiger partial charge >= 0.3 is 17.9 Å². The molecule has 0 N–H and O–H groups in total. The maximum Gasteiger partial charge on any atom is 0.306 e. The van der Waals surface area contributed by atoms with E-state index in [0.717, 1.165) is 70.6 Å². The average molecular weight is 835 g/mol. The molecule has 0 aromatic heterocycles. The highest BCUT2D eigenvalue weighted by Crippen LogP contribution is 2.13. The molecule has 0 spiro atoms. The molecule has 0 fully saturated rings. The first-order valence-corrected chi connectivity index (χ1v) is 24.6. The number of carbonyl (C=O) groups is 3. The molecule has 1 unspecified atom stereocenters. The molecular formula is C54H90O6. The predicted octanol–water partition coefficient (Wildman–Crippen LogP) is 16.0. The van der Waals surface area contributed by atoms with Gasteiger partial charge in [-0.3, -0.25) is 14.4 Å². The molecule has 0 heterocycles. The van der Waals surface area contributed by atoms with Crippen molar-refractivity contribution in [1.82, 2.24) is 0 Å². The molecule has 60 heavy (non-hydrogen) atoms. The second kappa shape index (κ2) is 48.3. The summed E-state index contributed by atoms with van der Waals surface area (Å²) in [6.07, 6.45) is 61.5. The van der Waals surface area contributed by atoms with Crippen molar-refractivity contribution in [2.45, 2.75) is 226 Å². The van der Waals surface area contributed by atoms with E-state index in [4.69, 9.17) is 14.2 Å². The minimum Gasteiger partial charge on any atom is -0.462 e. The Labute approximate surface area is 369 Å². The van der Waals surface area contributed by atoms with Crippen molar-refractivity contribution >= 4 is 17.9 Å². The highest BCUT2D eigenvalue weighted by atomic mass is 16.6. The molecule has 0 amide bonds. The fraction of sp³-hybridized carbons (Fsp3) is 0.685. The minimum absolute atomic E-state index is 0.116. The molecule has 342 valence electrons. The first kappa shape index (κ1) is 56.6. The summed E-state index contributed by atoms with van der Waals surface area (Å²) in [5.74, 6) is -1.05. The molecule has 0 radical (unpaired) electrons. The van der Waals surface area contributed by atoms with Gasteiger partial charge < -0.3 is 14.2 Å². The molecular weight excluding hydrogens is 745 g/mol. The lowest BCUT2D eigenvalue weighted by Crippen LogP contribution is -2.30. The van der Waals surface area contributed by atoms with Crippen molar-refractivity contribution in [2.75, 3.05) is 13.2 Å². The summed E-state index contributed by atoms with van der Waals surface area (Å²) in [7, 11) is 0. The second-order valence-electron chi connectivity index (χ2n) is 16.0. The number of carbonyl (C=O) groups excluding carboxylic acids is 3. The zero-order chi connectivity index (χ0) is 43.7. The Kier molecular flexibility index (Phi) is 45.5. The number of unbranched alkanes of at least 4 members (excludes halogenated alkanes) is 18. The summed E-state index contributed by atoms with van der Waals surface area (Å²) in [6, 6.07) is 0. The van der Waals surface area contributed by atoms with Crippen molar-refractivity contribution in [2.24, 2.45) is 0 Å². The smallest absolute Gasteiger partial charge is 0.306 e. The molecule has 0 aliphatic rings. The SMILES string of the molecule is CC/C=C\C/C=C\C/C=C\C/C=C\C/C=C\CCCC(=O)OCC(COC(=O)CCCCCCCCCCCCCC)OC(=O)CC/C=C\C/C=C\CCCCCCCC. The zero-order valence-corrected chi connectivity index (χ0v) is 38.9. The quantitative estimate of drug-likeness (QED) is 0.0263. The monoisotopic (exact) mass is 835 g/mol. The summed E-state index contributed by atoms with van der Waals surface area (Å²) < 4.78 is 16.6. The second-order valence-corrected chi connectivity index (χ2v) is 16.0. The zero-order valence-electron chi connectivity index (χ0n) is 38.9. The van der Waals surface area contributed by atoms with Crippen molar-refractivity contribution in [3.05, 3.63) is 85.1 Å². The molecule has 0 saturated carbocycles. The summed E-state index contributed by atoms with van der Waals surface area (Å²) in [5.41, 5.74) is 0. The van der Waals surface area contributed by atoms with E-state index >= 15 is 0 Å². The Morgan fingerprint density at radius 1 is 0.350 bits per heavy atom. The Balaban J connectivity index is 4.54. The third-order valence-corrected chi connectivity index (χ3v) is 10.1. The van der Waals surface area contributed by atoms with E-state index < -0.39 is 12.1 Å². The highest BCUT2D eigenvalue weighted by Gasteiger charge is 2.19. The van der Waals surface area contributed by atoms with Gasteiger partial charge in [-0.25, -0.2) is 0 Å². The van der Waals surface area contributed by atoms with Gasteiger partial charge in [-0.05, 0) is 77.0 Å². The van der Waals surface area contributed by atoms with Crippen LogP contribution in [0.2, 0.25) is 0 Å². The Morgan fingerprint density at radius 2 is 0.700 bits per heavy atom. The van der Waals surface area contributed by atoms with E-state index in [1.807, 2.05) is 6.08 Å². The van der Waals surface area contributed by atoms with Crippen molar-refractivity contribution in [3.63, 3.8) is 0 Å². The highest BCUT2D eigenvalue weighted by molar-refractivity contribution is 5.71. The van der Waals surface area contributed by atoms with Crippen LogP contribution in [0.25, 0.3) is 0 Å². The predicted molar refractivity (Wildman–Crippen MR) is 256 cm³/mol. The fourth-order valence-electron chi connectivity index (χ4n) is 6.47. The van der Waals surface area contributed by atoms with Crippen molar-refractivity contribution < 1.29 is 28.6 Å². The molecule has 0 rings (SSSR count). The van der Waals surface area contributed by atoms with E-state index in [1.54, 1.807) is 0 Å². The van der Waals surface area contributed by atoms with Gasteiger partial charge in [0.2, 0.25) is 0 Å². The number of hydrogen-bond acceptors (Lipinski definition) is 6. The third-order valence-electron chi connectivity index (χ3n) is 10.1. The summed E-state index contributed by atoms with van der Waals surface area (Å²) in [6.45, 7) is 6.40. The maximum absolute atomic E-state index is 12.7. The van der Waals surface area contributed by atoms with Crippen LogP contribution in [0.1, 0.15) is 220 Å². The lowest BCUT2D eigenvalue weighted by atomic mass is 10.0. The maximum atomic E-state index is 12.7.